The third kappa shape index (κ3) is 38.0. The lowest BCUT2D eigenvalue weighted by Crippen LogP contribution is -2.31. The van der Waals surface area contributed by atoms with Gasteiger partial charge >= 0.3 is 0 Å². The summed E-state index contributed by atoms with van der Waals surface area (Å²) >= 11 is 0. The van der Waals surface area contributed by atoms with Crippen LogP contribution in [0.4, 0.5) is 0 Å². The van der Waals surface area contributed by atoms with E-state index in [1.807, 2.05) is 0 Å². The molecule has 37 heavy (non-hydrogen) atoms. The van der Waals surface area contributed by atoms with Crippen LogP contribution in [0.1, 0.15) is 167 Å². The third-order valence-corrected chi connectivity index (χ3v) is 7.26. The summed E-state index contributed by atoms with van der Waals surface area (Å²) in [6, 6.07) is 0.815. The summed E-state index contributed by atoms with van der Waals surface area (Å²) in [6.07, 6.45) is 33.2. The fraction of sp³-hybridized carbons (Fsp3) is 0.969. The van der Waals surface area contributed by atoms with E-state index in [-0.39, 0.29) is 6.17 Å². The minimum absolute atomic E-state index is 0.0971. The topological polar surface area (TPSA) is 116 Å². The monoisotopic (exact) mass is 527 g/mol. The molecule has 0 heterocycles. The molecule has 5 nitrogen and oxygen atoms in total. The second kappa shape index (κ2) is 35.8. The van der Waals surface area contributed by atoms with Crippen LogP contribution in [0.3, 0.4) is 0 Å². The normalized spacial score (nSPS) is 13.7. The van der Waals surface area contributed by atoms with Crippen LogP contribution < -0.4 is 28.3 Å². The number of nitrogens with one attached hydrogen (secondary N) is 1. The Bertz CT molecular complexity index is 360. The molecular weight excluding hydrogens is 454 g/mol. The quantitative estimate of drug-likeness (QED) is 0.0691. The first-order chi connectivity index (χ1) is 18.1. The second-order valence-corrected chi connectivity index (χ2v) is 11.2. The van der Waals surface area contributed by atoms with E-state index < -0.39 is 0 Å². The first-order valence-electron chi connectivity index (χ1n) is 16.6. The molecule has 0 aromatic carbocycles. The molecule has 0 aliphatic heterocycles. The Balaban J connectivity index is 0. The number of unbranched alkanes of at least 4 members (excludes halogenated alkanes) is 16. The van der Waals surface area contributed by atoms with Gasteiger partial charge < -0.3 is 28.3 Å². The zero-order valence-electron chi connectivity index (χ0n) is 25.5. The van der Waals surface area contributed by atoms with Gasteiger partial charge in [0.2, 0.25) is 0 Å². The van der Waals surface area contributed by atoms with Crippen molar-refractivity contribution in [2.24, 2.45) is 22.9 Å². The predicted molar refractivity (Wildman–Crippen MR) is 169 cm³/mol. The zero-order valence-corrected chi connectivity index (χ0v) is 25.5. The molecule has 0 aromatic heterocycles. The summed E-state index contributed by atoms with van der Waals surface area (Å²) in [7, 11) is 0. The molecule has 0 bridgehead atoms. The molecule has 1 radical (unpaired) electrons. The maximum atomic E-state index is 5.45. The van der Waals surface area contributed by atoms with Gasteiger partial charge in [-0.15, -0.1) is 0 Å². The van der Waals surface area contributed by atoms with Crippen molar-refractivity contribution >= 4 is 0 Å². The molecule has 0 saturated heterocycles. The molecule has 0 atom stereocenters. The molecule has 1 aliphatic rings. The second-order valence-electron chi connectivity index (χ2n) is 11.2. The first-order valence-corrected chi connectivity index (χ1v) is 16.6. The maximum Gasteiger partial charge on any atom is 0.0520 e. The van der Waals surface area contributed by atoms with Gasteiger partial charge in [-0.05, 0) is 58.2 Å². The van der Waals surface area contributed by atoms with E-state index in [0.29, 0.717) is 0 Å². The molecule has 0 unspecified atom stereocenters. The molecule has 1 rings (SSSR count). The van der Waals surface area contributed by atoms with E-state index in [1.165, 1.54) is 148 Å². The summed E-state index contributed by atoms with van der Waals surface area (Å²) in [4.78, 5) is 0. The summed E-state index contributed by atoms with van der Waals surface area (Å²) in [6.45, 7) is 8.88. The van der Waals surface area contributed by atoms with Crippen LogP contribution in [0.2, 0.25) is 0 Å². The average molecular weight is 527 g/mol. The highest BCUT2D eigenvalue weighted by Crippen LogP contribution is 2.17. The molecule has 1 aliphatic carbocycles. The number of hydrogen-bond donors (Lipinski definition) is 5. The van der Waals surface area contributed by atoms with Gasteiger partial charge in [0.25, 0.3) is 0 Å². The minimum Gasteiger partial charge on any atom is -0.330 e. The van der Waals surface area contributed by atoms with Crippen molar-refractivity contribution in [2.75, 3.05) is 19.6 Å². The molecule has 1 saturated carbocycles. The van der Waals surface area contributed by atoms with Crippen molar-refractivity contribution in [3.05, 3.63) is 6.92 Å². The van der Waals surface area contributed by atoms with Crippen molar-refractivity contribution in [3.8, 4) is 0 Å². The van der Waals surface area contributed by atoms with Crippen molar-refractivity contribution in [3.63, 3.8) is 0 Å². The lowest BCUT2D eigenvalue weighted by atomic mass is 9.95. The van der Waals surface area contributed by atoms with Gasteiger partial charge in [-0.25, -0.2) is 0 Å². The molecule has 1 fully saturated rings. The number of hydrogen-bond acceptors (Lipinski definition) is 5. The molecule has 225 valence electrons. The first kappa shape index (κ1) is 38.9. The van der Waals surface area contributed by atoms with Gasteiger partial charge in [0.05, 0.1) is 6.17 Å². The Labute approximate surface area is 234 Å². The highest BCUT2D eigenvalue weighted by molar-refractivity contribution is 4.71. The molecule has 0 aromatic rings. The van der Waals surface area contributed by atoms with E-state index in [2.05, 4.69) is 19.2 Å². The van der Waals surface area contributed by atoms with Gasteiger partial charge in [-0.3, -0.25) is 0 Å². The van der Waals surface area contributed by atoms with Crippen LogP contribution in [-0.2, 0) is 0 Å². The Morgan fingerprint density at radius 1 is 0.622 bits per heavy atom. The van der Waals surface area contributed by atoms with Gasteiger partial charge in [0.1, 0.15) is 0 Å². The molecule has 9 N–H and O–H groups in total. The van der Waals surface area contributed by atoms with Crippen molar-refractivity contribution in [1.29, 1.82) is 0 Å². The highest BCUT2D eigenvalue weighted by Gasteiger charge is 2.10. The molecular formula is C32H72N5. The van der Waals surface area contributed by atoms with Crippen LogP contribution in [0, 0.1) is 6.92 Å². The van der Waals surface area contributed by atoms with E-state index in [1.54, 1.807) is 0 Å². The third-order valence-electron chi connectivity index (χ3n) is 7.26. The van der Waals surface area contributed by atoms with E-state index in [4.69, 9.17) is 22.9 Å². The predicted octanol–water partition coefficient (Wildman–Crippen LogP) is 7.70. The van der Waals surface area contributed by atoms with Gasteiger partial charge in [-0.2, -0.15) is 0 Å². The molecule has 0 spiro atoms. The fourth-order valence-corrected chi connectivity index (χ4v) is 4.83. The minimum atomic E-state index is -0.0971. The van der Waals surface area contributed by atoms with Crippen LogP contribution >= 0.6 is 0 Å². The Kier molecular flexibility index (Phi) is 37.7. The summed E-state index contributed by atoms with van der Waals surface area (Å²) < 4.78 is 0. The number of nitrogens with two attached hydrogens (primary N) is 4. The summed E-state index contributed by atoms with van der Waals surface area (Å²) in [5, 5.41) is 3.51. The van der Waals surface area contributed by atoms with Crippen molar-refractivity contribution in [2.45, 2.75) is 180 Å². The fourth-order valence-electron chi connectivity index (χ4n) is 4.83. The van der Waals surface area contributed by atoms with Gasteiger partial charge in [0.15, 0.2) is 0 Å². The van der Waals surface area contributed by atoms with E-state index >= 15 is 0 Å². The van der Waals surface area contributed by atoms with Gasteiger partial charge in [0, 0.05) is 6.04 Å². The van der Waals surface area contributed by atoms with Crippen LogP contribution in [-0.4, -0.2) is 31.8 Å². The van der Waals surface area contributed by atoms with Crippen LogP contribution in [0.25, 0.3) is 0 Å². The van der Waals surface area contributed by atoms with Crippen LogP contribution in [0.5, 0.6) is 0 Å². The Morgan fingerprint density at radius 2 is 1.03 bits per heavy atom. The standard InChI is InChI=1S/C12H28N2.C11H26N2.C9H18N/c13-11-9-7-5-3-1-2-4-6-8-10-12-14;1-2-3-4-5-6-7-8-9-10-11(12)13;1-2-8-10-9-6-4-3-5-7-9/h1-14H2;11H,2-10,12-13H2,1H3;9-10H,1-8H2. The molecule has 5 heteroatoms. The lowest BCUT2D eigenvalue weighted by molar-refractivity contribution is 0.376. The van der Waals surface area contributed by atoms with E-state index in [9.17, 15) is 0 Å². The number of rotatable bonds is 23. The summed E-state index contributed by atoms with van der Waals surface area (Å²) in [5.74, 6) is 0. The molecule has 0 amide bonds. The maximum absolute atomic E-state index is 5.45. The SMILES string of the molecule is CCCCCCCCCCC(N)N.NCCCCCCCCCCCCN.[CH2]CCNC1CCCCC1. The van der Waals surface area contributed by atoms with Crippen LogP contribution in [0.15, 0.2) is 0 Å². The average Bonchev–Trinajstić information content (AvgIpc) is 2.91. The van der Waals surface area contributed by atoms with Crippen molar-refractivity contribution < 1.29 is 0 Å². The Morgan fingerprint density at radius 3 is 1.41 bits per heavy atom. The summed E-state index contributed by atoms with van der Waals surface area (Å²) in [5.41, 5.74) is 21.8. The zero-order chi connectivity index (χ0) is 27.7. The van der Waals surface area contributed by atoms with Gasteiger partial charge in [-0.1, -0.05) is 136 Å². The highest BCUT2D eigenvalue weighted by atomic mass is 14.9. The lowest BCUT2D eigenvalue weighted by Gasteiger charge is -2.22. The smallest absolute Gasteiger partial charge is 0.0520 e. The van der Waals surface area contributed by atoms with Crippen molar-refractivity contribution in [1.82, 2.24) is 5.32 Å². The Hall–Kier alpha value is -0.200. The largest absolute Gasteiger partial charge is 0.330 e. The van der Waals surface area contributed by atoms with E-state index in [0.717, 1.165) is 38.5 Å².